The van der Waals surface area contributed by atoms with Gasteiger partial charge in [-0.05, 0) is 6.92 Å². The van der Waals surface area contributed by atoms with Crippen LogP contribution in [-0.4, -0.2) is 28.5 Å². The smallest absolute Gasteiger partial charge is 0.347 e. The lowest BCUT2D eigenvalue weighted by Gasteiger charge is -2.14. The van der Waals surface area contributed by atoms with E-state index in [2.05, 4.69) is 4.98 Å². The fraction of sp³-hybridized carbons (Fsp3) is 0.444. The van der Waals surface area contributed by atoms with Crippen molar-refractivity contribution in [1.82, 2.24) is 4.98 Å². The molecule has 0 aliphatic rings. The molecule has 0 aliphatic heterocycles. The number of nitrogens with zero attached hydrogens (tertiary/aromatic N) is 2. The van der Waals surface area contributed by atoms with Crippen LogP contribution in [-0.2, 0) is 10.7 Å². The summed E-state index contributed by atoms with van der Waals surface area (Å²) in [7, 11) is 0. The number of hydrogen-bond donors (Lipinski definition) is 1. The van der Waals surface area contributed by atoms with Gasteiger partial charge in [0.2, 0.25) is 5.91 Å². The van der Waals surface area contributed by atoms with Crippen LogP contribution in [0.2, 0.25) is 0 Å². The molecule has 0 aromatic carbocycles. The summed E-state index contributed by atoms with van der Waals surface area (Å²) in [5.74, 6) is -1.22. The van der Waals surface area contributed by atoms with Crippen LogP contribution < -0.4 is 4.90 Å². The Morgan fingerprint density at radius 2 is 2.19 bits per heavy atom. The molecule has 1 rings (SSSR count). The van der Waals surface area contributed by atoms with Crippen molar-refractivity contribution in [3.8, 4) is 0 Å². The van der Waals surface area contributed by atoms with E-state index in [9.17, 15) is 9.59 Å². The van der Waals surface area contributed by atoms with E-state index in [1.807, 2.05) is 0 Å². The van der Waals surface area contributed by atoms with E-state index in [1.165, 1.54) is 11.8 Å². The Labute approximate surface area is 102 Å². The van der Waals surface area contributed by atoms with Crippen molar-refractivity contribution >= 4 is 39.9 Å². The van der Waals surface area contributed by atoms with Gasteiger partial charge in [-0.2, -0.15) is 0 Å². The van der Waals surface area contributed by atoms with Gasteiger partial charge in [0, 0.05) is 13.5 Å². The summed E-state index contributed by atoms with van der Waals surface area (Å²) in [5.41, 5.74) is 0.300. The average Bonchev–Trinajstić information content (AvgIpc) is 2.62. The Bertz CT molecular complexity index is 419. The van der Waals surface area contributed by atoms with Gasteiger partial charge in [-0.15, -0.1) is 11.6 Å². The first-order valence-corrected chi connectivity index (χ1v) is 5.93. The molecule has 16 heavy (non-hydrogen) atoms. The van der Waals surface area contributed by atoms with Gasteiger partial charge in [-0.3, -0.25) is 9.69 Å². The van der Waals surface area contributed by atoms with Gasteiger partial charge < -0.3 is 5.11 Å². The number of carbonyl (C=O) groups excluding carboxylic acids is 1. The zero-order valence-corrected chi connectivity index (χ0v) is 10.4. The van der Waals surface area contributed by atoms with Crippen LogP contribution in [0, 0.1) is 0 Å². The molecule has 0 saturated heterocycles. The largest absolute Gasteiger partial charge is 0.477 e. The van der Waals surface area contributed by atoms with Crippen molar-refractivity contribution in [3.63, 3.8) is 0 Å². The number of hydrogen-bond acceptors (Lipinski definition) is 4. The molecule has 1 aromatic heterocycles. The van der Waals surface area contributed by atoms with Crippen LogP contribution in [0.15, 0.2) is 0 Å². The third-order valence-corrected chi connectivity index (χ3v) is 3.30. The molecule has 1 N–H and O–H groups in total. The molecule has 0 unspecified atom stereocenters. The second-order valence-electron chi connectivity index (χ2n) is 2.97. The molecule has 1 heterocycles. The number of aromatic carboxylic acids is 1. The van der Waals surface area contributed by atoms with Crippen molar-refractivity contribution in [2.24, 2.45) is 0 Å². The number of amides is 1. The number of halogens is 1. The van der Waals surface area contributed by atoms with Gasteiger partial charge in [0.25, 0.3) is 0 Å². The predicted octanol–water partition coefficient (Wildman–Crippen LogP) is 1.95. The topological polar surface area (TPSA) is 70.5 Å². The maximum atomic E-state index is 11.3. The van der Waals surface area contributed by atoms with Crippen molar-refractivity contribution in [3.05, 3.63) is 10.6 Å². The van der Waals surface area contributed by atoms with E-state index in [0.717, 1.165) is 11.3 Å². The molecule has 0 aliphatic carbocycles. The lowest BCUT2D eigenvalue weighted by atomic mass is 10.4. The highest BCUT2D eigenvalue weighted by Crippen LogP contribution is 2.27. The lowest BCUT2D eigenvalue weighted by molar-refractivity contribution is -0.116. The minimum Gasteiger partial charge on any atom is -0.477 e. The van der Waals surface area contributed by atoms with E-state index in [1.54, 1.807) is 6.92 Å². The highest BCUT2D eigenvalue weighted by molar-refractivity contribution is 7.17. The molecule has 7 heteroatoms. The fourth-order valence-electron chi connectivity index (χ4n) is 1.20. The van der Waals surface area contributed by atoms with Gasteiger partial charge in [0.15, 0.2) is 5.13 Å². The zero-order chi connectivity index (χ0) is 12.3. The van der Waals surface area contributed by atoms with Crippen LogP contribution in [0.1, 0.15) is 29.2 Å². The quantitative estimate of drug-likeness (QED) is 0.842. The maximum Gasteiger partial charge on any atom is 0.347 e. The number of thiazole rings is 1. The molecular weight excluding hydrogens is 252 g/mol. The first-order chi connectivity index (χ1) is 7.51. The van der Waals surface area contributed by atoms with Gasteiger partial charge in [0.1, 0.15) is 4.88 Å². The van der Waals surface area contributed by atoms with E-state index in [4.69, 9.17) is 16.7 Å². The fourth-order valence-corrected chi connectivity index (χ4v) is 2.51. The summed E-state index contributed by atoms with van der Waals surface area (Å²) in [6.45, 7) is 3.65. The Balaban J connectivity index is 3.16. The van der Waals surface area contributed by atoms with Crippen molar-refractivity contribution in [1.29, 1.82) is 0 Å². The summed E-state index contributed by atoms with van der Waals surface area (Å²) in [6.07, 6.45) is 0. The molecule has 0 saturated carbocycles. The lowest BCUT2D eigenvalue weighted by Crippen LogP contribution is -2.27. The molecule has 0 fully saturated rings. The summed E-state index contributed by atoms with van der Waals surface area (Å²) in [6, 6.07) is 0. The molecule has 88 valence electrons. The van der Waals surface area contributed by atoms with E-state index in [0.29, 0.717) is 17.4 Å². The molecule has 5 nitrogen and oxygen atoms in total. The SMILES string of the molecule is CCN(C(C)=O)c1nc(CCl)c(C(=O)O)s1. The number of alkyl halides is 1. The van der Waals surface area contributed by atoms with Crippen LogP contribution in [0.5, 0.6) is 0 Å². The molecular formula is C9H11ClN2O3S. The Morgan fingerprint density at radius 3 is 2.50 bits per heavy atom. The number of aromatic nitrogens is 1. The monoisotopic (exact) mass is 262 g/mol. The molecule has 1 amide bonds. The van der Waals surface area contributed by atoms with E-state index in [-0.39, 0.29) is 16.7 Å². The summed E-state index contributed by atoms with van der Waals surface area (Å²) >= 11 is 6.56. The normalized spacial score (nSPS) is 10.2. The third-order valence-electron chi connectivity index (χ3n) is 1.93. The van der Waals surface area contributed by atoms with Crippen molar-refractivity contribution in [2.75, 3.05) is 11.4 Å². The average molecular weight is 263 g/mol. The van der Waals surface area contributed by atoms with Crippen LogP contribution in [0.3, 0.4) is 0 Å². The standard InChI is InChI=1S/C9H11ClN2O3S/c1-3-12(5(2)13)9-11-6(4-10)7(16-9)8(14)15/h3-4H2,1-2H3,(H,14,15). The predicted molar refractivity (Wildman–Crippen MR) is 62.3 cm³/mol. The highest BCUT2D eigenvalue weighted by Gasteiger charge is 2.21. The Kier molecular flexibility index (Phi) is 4.26. The minimum atomic E-state index is -1.07. The Hall–Kier alpha value is -1.14. The van der Waals surface area contributed by atoms with Crippen LogP contribution in [0.25, 0.3) is 0 Å². The van der Waals surface area contributed by atoms with Crippen molar-refractivity contribution in [2.45, 2.75) is 19.7 Å². The third kappa shape index (κ3) is 2.51. The molecule has 0 bridgehead atoms. The summed E-state index contributed by atoms with van der Waals surface area (Å²) in [5, 5.41) is 9.29. The van der Waals surface area contributed by atoms with Crippen LogP contribution >= 0.6 is 22.9 Å². The van der Waals surface area contributed by atoms with Crippen molar-refractivity contribution < 1.29 is 14.7 Å². The molecule has 0 spiro atoms. The number of rotatable bonds is 4. The zero-order valence-electron chi connectivity index (χ0n) is 8.86. The molecule has 0 atom stereocenters. The number of carboxylic acid groups (broad SMARTS) is 1. The second-order valence-corrected chi connectivity index (χ2v) is 4.22. The first kappa shape index (κ1) is 12.9. The number of anilines is 1. The van der Waals surface area contributed by atoms with Crippen LogP contribution in [0.4, 0.5) is 5.13 Å². The van der Waals surface area contributed by atoms with E-state index < -0.39 is 5.97 Å². The maximum absolute atomic E-state index is 11.3. The second kappa shape index (κ2) is 5.27. The first-order valence-electron chi connectivity index (χ1n) is 4.58. The number of carbonyl (C=O) groups is 2. The number of carboxylic acids is 1. The summed E-state index contributed by atoms with van der Waals surface area (Å²) < 4.78 is 0. The van der Waals surface area contributed by atoms with Gasteiger partial charge in [-0.1, -0.05) is 11.3 Å². The minimum absolute atomic E-state index is 0.0214. The van der Waals surface area contributed by atoms with Gasteiger partial charge in [0.05, 0.1) is 11.6 Å². The van der Waals surface area contributed by atoms with Gasteiger partial charge >= 0.3 is 5.97 Å². The highest BCUT2D eigenvalue weighted by atomic mass is 35.5. The van der Waals surface area contributed by atoms with Gasteiger partial charge in [-0.25, -0.2) is 9.78 Å². The molecule has 0 radical (unpaired) electrons. The van der Waals surface area contributed by atoms with E-state index >= 15 is 0 Å². The summed E-state index contributed by atoms with van der Waals surface area (Å²) in [4.78, 5) is 27.7. The Morgan fingerprint density at radius 1 is 1.56 bits per heavy atom. The molecule has 1 aromatic rings.